The van der Waals surface area contributed by atoms with Gasteiger partial charge in [0.25, 0.3) is 0 Å². The Bertz CT molecular complexity index is 1220. The number of urea groups is 1. The molecule has 1 heterocycles. The molecule has 0 radical (unpaired) electrons. The SMILES string of the molecule is O=C(Nc1ccccc1)Nc1ccc(SC2CC(=O)N(c3ccccc3C(F)(F)F)C2=O)cc1. The fourth-order valence-corrected chi connectivity index (χ4v) is 4.51. The molecular formula is C24H18F3N3O3S. The summed E-state index contributed by atoms with van der Waals surface area (Å²) >= 11 is 1.08. The Labute approximate surface area is 197 Å². The summed E-state index contributed by atoms with van der Waals surface area (Å²) in [5, 5.41) is 4.51. The summed E-state index contributed by atoms with van der Waals surface area (Å²) in [4.78, 5) is 38.6. The number of carbonyl (C=O) groups excluding carboxylic acids is 3. The third-order valence-electron chi connectivity index (χ3n) is 4.98. The van der Waals surface area contributed by atoms with Crippen molar-refractivity contribution in [1.82, 2.24) is 0 Å². The second kappa shape index (κ2) is 9.60. The number of hydrogen-bond donors (Lipinski definition) is 2. The standard InChI is InChI=1S/C24H18F3N3O3S/c25-24(26,27)18-8-4-5-9-19(18)30-21(31)14-20(22(30)32)34-17-12-10-16(11-13-17)29-23(33)28-15-6-2-1-3-7-15/h1-13,20H,14H2,(H2,28,29,33). The van der Waals surface area contributed by atoms with Gasteiger partial charge in [-0.1, -0.05) is 30.3 Å². The molecule has 2 N–H and O–H groups in total. The van der Waals surface area contributed by atoms with E-state index in [0.717, 1.165) is 23.9 Å². The van der Waals surface area contributed by atoms with Crippen LogP contribution in [0.3, 0.4) is 0 Å². The van der Waals surface area contributed by atoms with E-state index >= 15 is 0 Å². The van der Waals surface area contributed by atoms with Crippen LogP contribution in [-0.4, -0.2) is 23.1 Å². The number of anilines is 3. The van der Waals surface area contributed by atoms with Crippen LogP contribution in [0.2, 0.25) is 0 Å². The molecule has 4 rings (SSSR count). The van der Waals surface area contributed by atoms with E-state index in [4.69, 9.17) is 0 Å². The molecule has 1 fully saturated rings. The molecule has 1 atom stereocenters. The van der Waals surface area contributed by atoms with Gasteiger partial charge >= 0.3 is 12.2 Å². The molecule has 0 bridgehead atoms. The van der Waals surface area contributed by atoms with E-state index in [1.165, 1.54) is 12.1 Å². The number of nitrogens with zero attached hydrogens (tertiary/aromatic N) is 1. The van der Waals surface area contributed by atoms with Crippen LogP contribution >= 0.6 is 11.8 Å². The first-order valence-electron chi connectivity index (χ1n) is 10.1. The van der Waals surface area contributed by atoms with E-state index in [9.17, 15) is 27.6 Å². The highest BCUT2D eigenvalue weighted by Gasteiger charge is 2.44. The zero-order valence-corrected chi connectivity index (χ0v) is 18.3. The molecule has 0 aromatic heterocycles. The van der Waals surface area contributed by atoms with Crippen molar-refractivity contribution in [2.24, 2.45) is 0 Å². The molecule has 10 heteroatoms. The van der Waals surface area contributed by atoms with Gasteiger partial charge in [-0.2, -0.15) is 13.2 Å². The molecule has 3 aromatic rings. The normalized spacial score (nSPS) is 16.0. The van der Waals surface area contributed by atoms with E-state index in [1.54, 1.807) is 48.5 Å². The number of hydrogen-bond acceptors (Lipinski definition) is 4. The summed E-state index contributed by atoms with van der Waals surface area (Å²) in [6.07, 6.45) is -4.91. The van der Waals surface area contributed by atoms with Gasteiger partial charge in [0, 0.05) is 22.7 Å². The van der Waals surface area contributed by atoms with Crippen LogP contribution in [-0.2, 0) is 15.8 Å². The van der Waals surface area contributed by atoms with Gasteiger partial charge in [-0.25, -0.2) is 9.69 Å². The van der Waals surface area contributed by atoms with Gasteiger partial charge in [0.15, 0.2) is 0 Å². The minimum Gasteiger partial charge on any atom is -0.308 e. The van der Waals surface area contributed by atoms with Crippen LogP contribution in [0.15, 0.2) is 83.8 Å². The Kier molecular flexibility index (Phi) is 6.60. The molecule has 6 nitrogen and oxygen atoms in total. The molecule has 1 saturated heterocycles. The Morgan fingerprint density at radius 1 is 0.853 bits per heavy atom. The number of alkyl halides is 3. The molecule has 1 aliphatic rings. The summed E-state index contributed by atoms with van der Waals surface area (Å²) in [7, 11) is 0. The quantitative estimate of drug-likeness (QED) is 0.450. The van der Waals surface area contributed by atoms with Gasteiger partial charge < -0.3 is 10.6 Å². The van der Waals surface area contributed by atoms with Crippen molar-refractivity contribution >= 4 is 46.7 Å². The fourth-order valence-electron chi connectivity index (χ4n) is 3.45. The minimum atomic E-state index is -4.70. The van der Waals surface area contributed by atoms with Gasteiger partial charge in [0.2, 0.25) is 11.8 Å². The second-order valence-electron chi connectivity index (χ2n) is 7.36. The van der Waals surface area contributed by atoms with Crippen molar-refractivity contribution in [2.75, 3.05) is 15.5 Å². The van der Waals surface area contributed by atoms with Crippen molar-refractivity contribution < 1.29 is 27.6 Å². The number of carbonyl (C=O) groups is 3. The van der Waals surface area contributed by atoms with E-state index in [0.29, 0.717) is 21.2 Å². The molecule has 3 aromatic carbocycles. The van der Waals surface area contributed by atoms with Crippen LogP contribution in [0.1, 0.15) is 12.0 Å². The van der Waals surface area contributed by atoms with Crippen molar-refractivity contribution in [3.63, 3.8) is 0 Å². The average Bonchev–Trinajstić information content (AvgIpc) is 3.07. The predicted molar refractivity (Wildman–Crippen MR) is 124 cm³/mol. The Balaban J connectivity index is 1.42. The third-order valence-corrected chi connectivity index (χ3v) is 6.17. The highest BCUT2D eigenvalue weighted by atomic mass is 32.2. The van der Waals surface area contributed by atoms with Gasteiger partial charge in [-0.05, 0) is 48.5 Å². The lowest BCUT2D eigenvalue weighted by atomic mass is 10.1. The maximum Gasteiger partial charge on any atom is 0.418 e. The van der Waals surface area contributed by atoms with Crippen molar-refractivity contribution in [3.05, 3.63) is 84.4 Å². The Morgan fingerprint density at radius 3 is 2.09 bits per heavy atom. The fraction of sp³-hybridized carbons (Fsp3) is 0.125. The molecule has 34 heavy (non-hydrogen) atoms. The van der Waals surface area contributed by atoms with Crippen LogP contribution in [0.5, 0.6) is 0 Å². The van der Waals surface area contributed by atoms with Gasteiger partial charge in [0.05, 0.1) is 16.5 Å². The molecule has 174 valence electrons. The summed E-state index contributed by atoms with van der Waals surface area (Å²) < 4.78 is 40.1. The first-order chi connectivity index (χ1) is 16.2. The largest absolute Gasteiger partial charge is 0.418 e. The summed E-state index contributed by atoms with van der Waals surface area (Å²) in [6, 6.07) is 19.6. The van der Waals surface area contributed by atoms with Gasteiger partial charge in [-0.3, -0.25) is 9.59 Å². The number of rotatable bonds is 5. The number of para-hydroxylation sites is 2. The maximum atomic E-state index is 13.4. The second-order valence-corrected chi connectivity index (χ2v) is 8.64. The zero-order valence-electron chi connectivity index (χ0n) is 17.5. The smallest absolute Gasteiger partial charge is 0.308 e. The Morgan fingerprint density at radius 2 is 1.44 bits per heavy atom. The topological polar surface area (TPSA) is 78.5 Å². The number of amides is 4. The molecule has 0 saturated carbocycles. The molecule has 0 spiro atoms. The monoisotopic (exact) mass is 485 g/mol. The summed E-state index contributed by atoms with van der Waals surface area (Å²) in [6.45, 7) is 0. The summed E-state index contributed by atoms with van der Waals surface area (Å²) in [5.74, 6) is -1.38. The van der Waals surface area contributed by atoms with Crippen molar-refractivity contribution in [2.45, 2.75) is 22.7 Å². The predicted octanol–water partition coefficient (Wildman–Crippen LogP) is 5.77. The average molecular weight is 485 g/mol. The van der Waals surface area contributed by atoms with Crippen LogP contribution in [0, 0.1) is 0 Å². The Hall–Kier alpha value is -3.79. The number of thioether (sulfide) groups is 1. The number of halogens is 3. The minimum absolute atomic E-state index is 0.213. The lowest BCUT2D eigenvalue weighted by molar-refractivity contribution is -0.137. The number of benzene rings is 3. The highest BCUT2D eigenvalue weighted by Crippen LogP contribution is 2.40. The van der Waals surface area contributed by atoms with E-state index in [1.807, 2.05) is 6.07 Å². The lowest BCUT2D eigenvalue weighted by Gasteiger charge is -2.20. The van der Waals surface area contributed by atoms with Crippen molar-refractivity contribution in [1.29, 1.82) is 0 Å². The van der Waals surface area contributed by atoms with Crippen LogP contribution in [0.25, 0.3) is 0 Å². The molecular weight excluding hydrogens is 467 g/mol. The summed E-state index contributed by atoms with van der Waals surface area (Å²) in [5.41, 5.74) is -0.357. The van der Waals surface area contributed by atoms with Crippen LogP contribution < -0.4 is 15.5 Å². The third kappa shape index (κ3) is 5.23. The van der Waals surface area contributed by atoms with E-state index < -0.39 is 40.5 Å². The molecule has 0 aliphatic carbocycles. The van der Waals surface area contributed by atoms with Gasteiger partial charge in [-0.15, -0.1) is 11.8 Å². The van der Waals surface area contributed by atoms with Crippen LogP contribution in [0.4, 0.5) is 35.0 Å². The molecule has 1 aliphatic heterocycles. The number of nitrogens with one attached hydrogen (secondary N) is 2. The zero-order chi connectivity index (χ0) is 24.3. The van der Waals surface area contributed by atoms with Crippen molar-refractivity contribution in [3.8, 4) is 0 Å². The lowest BCUT2D eigenvalue weighted by Crippen LogP contribution is -2.33. The first kappa shape index (κ1) is 23.4. The highest BCUT2D eigenvalue weighted by molar-refractivity contribution is 8.00. The van der Waals surface area contributed by atoms with E-state index in [2.05, 4.69) is 10.6 Å². The number of imide groups is 1. The molecule has 4 amide bonds. The molecule has 1 unspecified atom stereocenters. The maximum absolute atomic E-state index is 13.4. The van der Waals surface area contributed by atoms with Gasteiger partial charge in [0.1, 0.15) is 0 Å². The van der Waals surface area contributed by atoms with E-state index in [-0.39, 0.29) is 6.42 Å². The first-order valence-corrected chi connectivity index (χ1v) is 11.0.